The number of anilines is 2. The van der Waals surface area contributed by atoms with Gasteiger partial charge in [-0.1, -0.05) is 31.2 Å². The van der Waals surface area contributed by atoms with E-state index in [1.165, 1.54) is 16.8 Å². The third kappa shape index (κ3) is 7.14. The predicted molar refractivity (Wildman–Crippen MR) is 178 cm³/mol. The second-order valence-corrected chi connectivity index (χ2v) is 12.7. The van der Waals surface area contributed by atoms with Crippen molar-refractivity contribution in [2.24, 2.45) is 5.41 Å². The zero-order chi connectivity index (χ0) is 34.9. The number of halogens is 3. The molecule has 0 aliphatic carbocycles. The largest absolute Gasteiger partial charge is 0.494 e. The van der Waals surface area contributed by atoms with E-state index in [0.717, 1.165) is 12.0 Å². The molecule has 2 aliphatic rings. The Balaban J connectivity index is 1.29. The summed E-state index contributed by atoms with van der Waals surface area (Å²) >= 11 is 0. The van der Waals surface area contributed by atoms with Crippen molar-refractivity contribution in [1.82, 2.24) is 25.1 Å². The van der Waals surface area contributed by atoms with Gasteiger partial charge < -0.3 is 30.5 Å². The van der Waals surface area contributed by atoms with Crippen LogP contribution in [0.4, 0.5) is 24.9 Å². The SMILES string of the molecule is CCOc1ccc(-c2ccc([C@@H](Oc3cc(N4CCC5(CC4)CC(C(=O)O)NC5CC)nc(N)n3)C(F)(F)F)c(-n3ccc(C)n3)c2)cc1. The molecule has 4 heterocycles. The molecule has 4 aromatic rings. The summed E-state index contributed by atoms with van der Waals surface area (Å²) in [7, 11) is 0. The fraction of sp³-hybridized carbons (Fsp3) is 0.429. The molecule has 11 nitrogen and oxygen atoms in total. The topological polar surface area (TPSA) is 141 Å². The summed E-state index contributed by atoms with van der Waals surface area (Å²) in [6.45, 7) is 7.25. The highest BCUT2D eigenvalue weighted by Gasteiger charge is 2.50. The van der Waals surface area contributed by atoms with Gasteiger partial charge in [-0.15, -0.1) is 0 Å². The lowest BCUT2D eigenvalue weighted by Crippen LogP contribution is -2.46. The van der Waals surface area contributed by atoms with Crippen molar-refractivity contribution in [2.45, 2.75) is 70.8 Å². The summed E-state index contributed by atoms with van der Waals surface area (Å²) in [5.74, 6) is -0.359. The number of aryl methyl sites for hydroxylation is 1. The van der Waals surface area contributed by atoms with Gasteiger partial charge in [0.15, 0.2) is 0 Å². The standard InChI is InChI=1S/C35H40F3N7O4/c1-4-28-34(20-26(40-28)32(46)47)13-16-44(17-14-34)29-19-30(42-33(39)41-29)49-31(35(36,37)38)25-11-8-23(18-27(25)45-15-12-21(3)43-45)22-6-9-24(10-7-22)48-5-2/h6-12,15,18-19,26,28,31,40H,4-5,13-14,16-17,20H2,1-3H3,(H,46,47)(H2,39,41,42)/t26?,28?,31-/m1/s1. The third-order valence-electron chi connectivity index (χ3n) is 9.56. The summed E-state index contributed by atoms with van der Waals surface area (Å²) in [5, 5.41) is 17.3. The summed E-state index contributed by atoms with van der Waals surface area (Å²) < 4.78 is 57.4. The van der Waals surface area contributed by atoms with Crippen LogP contribution in [-0.4, -0.2) is 68.8 Å². The molecule has 0 bridgehead atoms. The number of hydrogen-bond donors (Lipinski definition) is 3. The van der Waals surface area contributed by atoms with Crippen LogP contribution < -0.4 is 25.4 Å². The average Bonchev–Trinajstić information content (AvgIpc) is 3.67. The number of carboxylic acids is 1. The van der Waals surface area contributed by atoms with Gasteiger partial charge in [-0.25, -0.2) is 4.68 Å². The minimum atomic E-state index is -4.83. The Labute approximate surface area is 282 Å². The summed E-state index contributed by atoms with van der Waals surface area (Å²) in [6, 6.07) is 14.5. The maximum atomic E-state index is 14.9. The van der Waals surface area contributed by atoms with Gasteiger partial charge in [0.1, 0.15) is 17.6 Å². The van der Waals surface area contributed by atoms with E-state index in [4.69, 9.17) is 15.2 Å². The average molecular weight is 680 g/mol. The molecule has 0 amide bonds. The van der Waals surface area contributed by atoms with Crippen LogP contribution >= 0.6 is 0 Å². The van der Waals surface area contributed by atoms with Crippen LogP contribution in [0.5, 0.6) is 11.6 Å². The van der Waals surface area contributed by atoms with Gasteiger partial charge in [-0.3, -0.25) is 4.79 Å². The molecule has 0 saturated carbocycles. The highest BCUT2D eigenvalue weighted by molar-refractivity contribution is 5.74. The Bertz CT molecular complexity index is 1790. The second-order valence-electron chi connectivity index (χ2n) is 12.7. The number of hydrogen-bond acceptors (Lipinski definition) is 9. The summed E-state index contributed by atoms with van der Waals surface area (Å²) in [4.78, 5) is 22.0. The van der Waals surface area contributed by atoms with Crippen LogP contribution in [0, 0.1) is 12.3 Å². The molecule has 3 atom stereocenters. The van der Waals surface area contributed by atoms with Crippen molar-refractivity contribution in [3.63, 3.8) is 0 Å². The van der Waals surface area contributed by atoms with E-state index < -0.39 is 24.3 Å². The van der Waals surface area contributed by atoms with Gasteiger partial charge >= 0.3 is 12.1 Å². The van der Waals surface area contributed by atoms with Gasteiger partial charge in [0.05, 0.1) is 18.0 Å². The molecule has 1 spiro atoms. The van der Waals surface area contributed by atoms with Gasteiger partial charge in [-0.05, 0) is 80.3 Å². The lowest BCUT2D eigenvalue weighted by atomic mass is 9.71. The number of benzene rings is 2. The lowest BCUT2D eigenvalue weighted by Gasteiger charge is -2.43. The maximum Gasteiger partial charge on any atom is 0.429 e. The first kappa shape index (κ1) is 34.0. The Kier molecular flexibility index (Phi) is 9.43. The quantitative estimate of drug-likeness (QED) is 0.180. The number of carbonyl (C=O) groups is 1. The van der Waals surface area contributed by atoms with Crippen LogP contribution in [0.3, 0.4) is 0 Å². The Hall–Kier alpha value is -4.85. The number of aromatic nitrogens is 4. The molecule has 2 aliphatic heterocycles. The van der Waals surface area contributed by atoms with Gasteiger partial charge in [0.25, 0.3) is 0 Å². The molecule has 2 saturated heterocycles. The zero-order valence-electron chi connectivity index (χ0n) is 27.6. The number of carboxylic acid groups (broad SMARTS) is 1. The summed E-state index contributed by atoms with van der Waals surface area (Å²) in [6.07, 6.45) is -2.92. The van der Waals surface area contributed by atoms with Crippen molar-refractivity contribution < 1.29 is 32.5 Å². The monoisotopic (exact) mass is 679 g/mol. The van der Waals surface area contributed by atoms with Crippen molar-refractivity contribution in [2.75, 3.05) is 30.3 Å². The number of nitrogen functional groups attached to an aromatic ring is 1. The molecular weight excluding hydrogens is 639 g/mol. The van der Waals surface area contributed by atoms with Crippen molar-refractivity contribution in [3.8, 4) is 28.4 Å². The smallest absolute Gasteiger partial charge is 0.429 e. The molecule has 260 valence electrons. The van der Waals surface area contributed by atoms with Crippen LogP contribution in [0.1, 0.15) is 56.9 Å². The molecule has 4 N–H and O–H groups in total. The summed E-state index contributed by atoms with van der Waals surface area (Å²) in [5.41, 5.74) is 7.99. The molecule has 2 fully saturated rings. The lowest BCUT2D eigenvalue weighted by molar-refractivity contribution is -0.198. The number of aliphatic carboxylic acids is 1. The maximum absolute atomic E-state index is 14.9. The first-order chi connectivity index (χ1) is 23.4. The minimum Gasteiger partial charge on any atom is -0.494 e. The number of nitrogens with one attached hydrogen (secondary N) is 1. The first-order valence-corrected chi connectivity index (χ1v) is 16.4. The number of ether oxygens (including phenoxy) is 2. The number of piperidine rings is 1. The van der Waals surface area contributed by atoms with Crippen molar-refractivity contribution in [3.05, 3.63) is 72.1 Å². The van der Waals surface area contributed by atoms with E-state index in [0.29, 0.717) is 61.8 Å². The highest BCUT2D eigenvalue weighted by Crippen LogP contribution is 2.46. The van der Waals surface area contributed by atoms with E-state index in [-0.39, 0.29) is 34.5 Å². The van der Waals surface area contributed by atoms with Crippen LogP contribution in [-0.2, 0) is 4.79 Å². The molecule has 2 aromatic heterocycles. The van der Waals surface area contributed by atoms with Gasteiger partial charge in [0.2, 0.25) is 17.9 Å². The molecular formula is C35H40F3N7O4. The van der Waals surface area contributed by atoms with Gasteiger partial charge in [0, 0.05) is 37.0 Å². The van der Waals surface area contributed by atoms with E-state index in [2.05, 4.69) is 20.4 Å². The molecule has 0 radical (unpaired) electrons. The Morgan fingerprint density at radius 1 is 1.08 bits per heavy atom. The predicted octanol–water partition coefficient (Wildman–Crippen LogP) is 6.11. The molecule has 2 aromatic carbocycles. The first-order valence-electron chi connectivity index (χ1n) is 16.4. The van der Waals surface area contributed by atoms with E-state index in [9.17, 15) is 23.1 Å². The fourth-order valence-electron chi connectivity index (χ4n) is 7.15. The van der Waals surface area contributed by atoms with Crippen molar-refractivity contribution >= 4 is 17.7 Å². The van der Waals surface area contributed by atoms with Gasteiger partial charge in [-0.2, -0.15) is 28.2 Å². The van der Waals surface area contributed by atoms with E-state index >= 15 is 0 Å². The number of nitrogens with two attached hydrogens (primary N) is 1. The third-order valence-corrected chi connectivity index (χ3v) is 9.56. The Morgan fingerprint density at radius 3 is 2.41 bits per heavy atom. The zero-order valence-corrected chi connectivity index (χ0v) is 27.6. The number of rotatable bonds is 10. The van der Waals surface area contributed by atoms with E-state index in [1.54, 1.807) is 31.3 Å². The van der Waals surface area contributed by atoms with Crippen LogP contribution in [0.2, 0.25) is 0 Å². The highest BCUT2D eigenvalue weighted by atomic mass is 19.4. The van der Waals surface area contributed by atoms with Crippen LogP contribution in [0.15, 0.2) is 60.8 Å². The minimum absolute atomic E-state index is 0.0613. The molecule has 6 rings (SSSR count). The molecule has 14 heteroatoms. The molecule has 2 unspecified atom stereocenters. The molecule has 49 heavy (non-hydrogen) atoms. The number of alkyl halides is 3. The second kappa shape index (κ2) is 13.6. The van der Waals surface area contributed by atoms with E-state index in [1.807, 2.05) is 43.0 Å². The number of nitrogens with zero attached hydrogens (tertiary/aromatic N) is 5. The van der Waals surface area contributed by atoms with Crippen molar-refractivity contribution in [1.29, 1.82) is 0 Å². The fourth-order valence-corrected chi connectivity index (χ4v) is 7.15. The van der Waals surface area contributed by atoms with Crippen LogP contribution in [0.25, 0.3) is 16.8 Å². The normalized spacial score (nSPS) is 19.6. The Morgan fingerprint density at radius 2 is 1.80 bits per heavy atom.